The van der Waals surface area contributed by atoms with E-state index >= 15 is 0 Å². The van der Waals surface area contributed by atoms with E-state index in [1.165, 1.54) is 4.90 Å². The van der Waals surface area contributed by atoms with E-state index in [4.69, 9.17) is 9.47 Å². The van der Waals surface area contributed by atoms with E-state index in [1.807, 2.05) is 12.2 Å². The number of halogens is 1. The predicted molar refractivity (Wildman–Crippen MR) is 66.1 cm³/mol. The Morgan fingerprint density at radius 2 is 1.78 bits per heavy atom. The van der Waals surface area contributed by atoms with Crippen LogP contribution in [0.5, 0.6) is 0 Å². The molecule has 0 aliphatic carbocycles. The van der Waals surface area contributed by atoms with Crippen molar-refractivity contribution in [3.63, 3.8) is 0 Å². The number of carbonyl (C=O) groups excluding carboxylic acids is 2. The molecule has 0 saturated carbocycles. The standard InChI is InChI=1S/C12H14BrNO4/c13-3-5-17-6-4-14-11(15)9-7-1-2-8(18-7)10(9)12(14)16/h1-2,7-10H,3-6H2. The van der Waals surface area contributed by atoms with Gasteiger partial charge < -0.3 is 9.47 Å². The highest BCUT2D eigenvalue weighted by Gasteiger charge is 2.60. The minimum atomic E-state index is -0.302. The van der Waals surface area contributed by atoms with Crippen LogP contribution in [0.2, 0.25) is 0 Å². The summed E-state index contributed by atoms with van der Waals surface area (Å²) >= 11 is 3.25. The molecular formula is C12H14BrNO4. The van der Waals surface area contributed by atoms with E-state index in [2.05, 4.69) is 15.9 Å². The van der Waals surface area contributed by atoms with E-state index in [1.54, 1.807) is 0 Å². The first-order valence-electron chi connectivity index (χ1n) is 6.07. The van der Waals surface area contributed by atoms with Crippen LogP contribution < -0.4 is 0 Å². The van der Waals surface area contributed by atoms with Gasteiger partial charge >= 0.3 is 0 Å². The van der Waals surface area contributed by atoms with Crippen LogP contribution in [0.25, 0.3) is 0 Å². The number of amides is 2. The van der Waals surface area contributed by atoms with Crippen molar-refractivity contribution in [1.29, 1.82) is 0 Å². The SMILES string of the molecule is O=C1C2C3C=CC(O3)C2C(=O)N1CCOCCBr. The monoisotopic (exact) mass is 315 g/mol. The van der Waals surface area contributed by atoms with Crippen molar-refractivity contribution in [3.05, 3.63) is 12.2 Å². The zero-order chi connectivity index (χ0) is 12.7. The highest BCUT2D eigenvalue weighted by Crippen LogP contribution is 2.44. The van der Waals surface area contributed by atoms with Gasteiger partial charge in [-0.15, -0.1) is 0 Å². The highest BCUT2D eigenvalue weighted by atomic mass is 79.9. The highest BCUT2D eigenvalue weighted by molar-refractivity contribution is 9.09. The molecule has 3 rings (SSSR count). The van der Waals surface area contributed by atoms with Gasteiger partial charge in [-0.1, -0.05) is 28.1 Å². The fourth-order valence-corrected chi connectivity index (χ4v) is 3.13. The molecule has 0 aromatic rings. The summed E-state index contributed by atoms with van der Waals surface area (Å²) in [4.78, 5) is 25.7. The first-order chi connectivity index (χ1) is 8.74. The van der Waals surface area contributed by atoms with Gasteiger partial charge in [0, 0.05) is 5.33 Å². The van der Waals surface area contributed by atoms with Crippen molar-refractivity contribution in [2.24, 2.45) is 11.8 Å². The second-order valence-corrected chi connectivity index (χ2v) is 5.42. The van der Waals surface area contributed by atoms with Gasteiger partial charge in [-0.25, -0.2) is 0 Å². The van der Waals surface area contributed by atoms with Crippen molar-refractivity contribution >= 4 is 27.7 Å². The lowest BCUT2D eigenvalue weighted by Gasteiger charge is -2.17. The third kappa shape index (κ3) is 1.74. The molecule has 0 aromatic heterocycles. The van der Waals surface area contributed by atoms with Crippen molar-refractivity contribution in [3.8, 4) is 0 Å². The Hall–Kier alpha value is -0.720. The normalized spacial score (nSPS) is 36.8. The van der Waals surface area contributed by atoms with Gasteiger partial charge in [-0.3, -0.25) is 14.5 Å². The molecule has 2 saturated heterocycles. The molecule has 0 spiro atoms. The molecule has 5 nitrogen and oxygen atoms in total. The smallest absolute Gasteiger partial charge is 0.236 e. The summed E-state index contributed by atoms with van der Waals surface area (Å²) in [5.41, 5.74) is 0. The zero-order valence-electron chi connectivity index (χ0n) is 9.75. The van der Waals surface area contributed by atoms with Gasteiger partial charge in [0.2, 0.25) is 11.8 Å². The second kappa shape index (κ2) is 4.75. The van der Waals surface area contributed by atoms with Crippen LogP contribution in [0, 0.1) is 11.8 Å². The first-order valence-corrected chi connectivity index (χ1v) is 7.19. The summed E-state index contributed by atoms with van der Waals surface area (Å²) < 4.78 is 10.8. The third-order valence-corrected chi connectivity index (χ3v) is 4.01. The van der Waals surface area contributed by atoms with Crippen LogP contribution >= 0.6 is 15.9 Å². The largest absolute Gasteiger partial charge is 0.379 e. The van der Waals surface area contributed by atoms with Crippen molar-refractivity contribution in [2.75, 3.05) is 25.1 Å². The maximum absolute atomic E-state index is 12.2. The Balaban J connectivity index is 1.65. The van der Waals surface area contributed by atoms with Crippen LogP contribution in [-0.4, -0.2) is 54.0 Å². The van der Waals surface area contributed by atoms with Gasteiger partial charge in [0.1, 0.15) is 0 Å². The molecule has 98 valence electrons. The molecular weight excluding hydrogens is 302 g/mol. The number of alkyl halides is 1. The fourth-order valence-electron chi connectivity index (χ4n) is 2.90. The maximum atomic E-state index is 12.2. The molecule has 18 heavy (non-hydrogen) atoms. The molecule has 3 aliphatic heterocycles. The number of carbonyl (C=O) groups is 2. The van der Waals surface area contributed by atoms with Gasteiger partial charge in [0.05, 0.1) is 43.8 Å². The second-order valence-electron chi connectivity index (χ2n) is 4.63. The van der Waals surface area contributed by atoms with Gasteiger partial charge in [0.25, 0.3) is 0 Å². The topological polar surface area (TPSA) is 55.8 Å². The molecule has 3 aliphatic rings. The lowest BCUT2D eigenvalue weighted by molar-refractivity contribution is -0.143. The van der Waals surface area contributed by atoms with E-state index < -0.39 is 0 Å². The summed E-state index contributed by atoms with van der Waals surface area (Å²) in [6, 6.07) is 0. The number of nitrogens with zero attached hydrogens (tertiary/aromatic N) is 1. The molecule has 0 aromatic carbocycles. The number of hydrogen-bond donors (Lipinski definition) is 0. The van der Waals surface area contributed by atoms with Crippen molar-refractivity contribution in [2.45, 2.75) is 12.2 Å². The number of fused-ring (bicyclic) bond motifs is 5. The average Bonchev–Trinajstić information content (AvgIpc) is 3.02. The maximum Gasteiger partial charge on any atom is 0.236 e. The Bertz CT molecular complexity index is 381. The summed E-state index contributed by atoms with van der Waals surface area (Å²) in [6.07, 6.45) is 3.37. The lowest BCUT2D eigenvalue weighted by atomic mass is 9.85. The first kappa shape index (κ1) is 12.3. The number of likely N-dealkylation sites (tertiary alicyclic amines) is 1. The van der Waals surface area contributed by atoms with Gasteiger partial charge in [-0.2, -0.15) is 0 Å². The molecule has 0 N–H and O–H groups in total. The van der Waals surface area contributed by atoms with E-state index in [0.717, 1.165) is 5.33 Å². The summed E-state index contributed by atoms with van der Waals surface area (Å²) in [5, 5.41) is 0.752. The average molecular weight is 316 g/mol. The van der Waals surface area contributed by atoms with Crippen molar-refractivity contribution in [1.82, 2.24) is 4.90 Å². The minimum absolute atomic E-state index is 0.107. The molecule has 0 radical (unpaired) electrons. The molecule has 4 unspecified atom stereocenters. The Labute approximate surface area is 113 Å². The third-order valence-electron chi connectivity index (χ3n) is 3.68. The molecule has 6 heteroatoms. The zero-order valence-corrected chi connectivity index (χ0v) is 11.3. The molecule has 3 heterocycles. The summed E-state index contributed by atoms with van der Waals surface area (Å²) in [5.74, 6) is -0.819. The Morgan fingerprint density at radius 3 is 2.33 bits per heavy atom. The van der Waals surface area contributed by atoms with Gasteiger partial charge in [-0.05, 0) is 0 Å². The number of ether oxygens (including phenoxy) is 2. The lowest BCUT2D eigenvalue weighted by Crippen LogP contribution is -2.37. The quantitative estimate of drug-likeness (QED) is 0.318. The fraction of sp³-hybridized carbons (Fsp3) is 0.667. The molecule has 2 bridgehead atoms. The summed E-state index contributed by atoms with van der Waals surface area (Å²) in [6.45, 7) is 1.32. The Morgan fingerprint density at radius 1 is 1.17 bits per heavy atom. The van der Waals surface area contributed by atoms with E-state index in [9.17, 15) is 9.59 Å². The van der Waals surface area contributed by atoms with E-state index in [0.29, 0.717) is 19.8 Å². The molecule has 2 fully saturated rings. The minimum Gasteiger partial charge on any atom is -0.379 e. The molecule has 2 amide bonds. The van der Waals surface area contributed by atoms with Crippen LogP contribution in [0.15, 0.2) is 12.2 Å². The number of rotatable bonds is 5. The number of imide groups is 1. The van der Waals surface area contributed by atoms with Crippen molar-refractivity contribution < 1.29 is 19.1 Å². The Kier molecular flexibility index (Phi) is 3.25. The van der Waals surface area contributed by atoms with Gasteiger partial charge in [0.15, 0.2) is 0 Å². The van der Waals surface area contributed by atoms with Crippen LogP contribution in [0.4, 0.5) is 0 Å². The molecule has 4 atom stereocenters. The van der Waals surface area contributed by atoms with Crippen LogP contribution in [0.3, 0.4) is 0 Å². The van der Waals surface area contributed by atoms with E-state index in [-0.39, 0.29) is 35.9 Å². The van der Waals surface area contributed by atoms with Crippen LogP contribution in [-0.2, 0) is 19.1 Å². The van der Waals surface area contributed by atoms with Crippen LogP contribution in [0.1, 0.15) is 0 Å². The predicted octanol–water partition coefficient (Wildman–Crippen LogP) is 0.336. The summed E-state index contributed by atoms with van der Waals surface area (Å²) in [7, 11) is 0. The number of hydrogen-bond acceptors (Lipinski definition) is 4.